The number of aromatic amines is 1. The monoisotopic (exact) mass is 726 g/mol. The fourth-order valence-corrected chi connectivity index (χ4v) is 7.79. The number of rotatable bonds is 17. The zero-order chi connectivity index (χ0) is 38.1. The Bertz CT molecular complexity index is 1490. The minimum Gasteiger partial charge on any atom is -0.379 e. The van der Waals surface area contributed by atoms with E-state index in [0.29, 0.717) is 26.1 Å². The van der Waals surface area contributed by atoms with Crippen LogP contribution in [0.25, 0.3) is 10.9 Å². The number of hydrogen-bond acceptors (Lipinski definition) is 8. The van der Waals surface area contributed by atoms with Gasteiger partial charge in [0.25, 0.3) is 5.91 Å². The molecule has 4 N–H and O–H groups in total. The lowest BCUT2D eigenvalue weighted by molar-refractivity contribution is -0.199. The molecule has 0 spiro atoms. The second-order valence-electron chi connectivity index (χ2n) is 15.0. The highest BCUT2D eigenvalue weighted by atomic mass is 16.7. The number of amides is 4. The topological polar surface area (TPSA) is 160 Å². The van der Waals surface area contributed by atoms with Gasteiger partial charge in [-0.2, -0.15) is 0 Å². The van der Waals surface area contributed by atoms with Crippen molar-refractivity contribution in [3.8, 4) is 0 Å². The van der Waals surface area contributed by atoms with E-state index in [0.717, 1.165) is 42.1 Å². The van der Waals surface area contributed by atoms with Crippen LogP contribution in [0, 0.1) is 17.8 Å². The van der Waals surface area contributed by atoms with Gasteiger partial charge < -0.3 is 35.3 Å². The molecule has 2 aliphatic heterocycles. The number of carbonyl (C=O) groups excluding carboxylic acids is 4. The number of carbonyl (C=O) groups is 4. The minimum absolute atomic E-state index is 0.0364. The normalized spacial score (nSPS) is 20.6. The van der Waals surface area contributed by atoms with E-state index < -0.39 is 30.2 Å². The van der Waals surface area contributed by atoms with E-state index in [1.807, 2.05) is 44.3 Å². The number of nitrogens with zero attached hydrogens (tertiary/aromatic N) is 3. The molecule has 0 saturated carbocycles. The van der Waals surface area contributed by atoms with Gasteiger partial charge in [-0.25, -0.2) is 5.06 Å². The molecule has 0 aliphatic carbocycles. The fraction of sp³-hybridized carbons (Fsp3) is 0.692. The number of hydrogen-bond donors (Lipinski definition) is 3. The standard InChI is InChI=1S/C39H62N6O7/c1-9-25(4)35(43(6)39(49)34(40)24(2)3)32(50-7)22-33(46)44-18-14-17-31(44)36(51-8)26(5)37(47)42-30(38(48)45-19-12-13-20-52-45)21-27-23-41-29-16-11-10-15-28(27)29/h10-11,15-16,23-26,30-32,34-36,41H,9,12-14,17-22,40H2,1-8H3,(H,42,47)/t25-,26+,30-,31-,32+,34-,35-,36+/m0/s1. The van der Waals surface area contributed by atoms with Gasteiger partial charge in [0, 0.05) is 57.9 Å². The van der Waals surface area contributed by atoms with E-state index in [-0.39, 0.29) is 60.4 Å². The molecule has 1 aromatic heterocycles. The summed E-state index contributed by atoms with van der Waals surface area (Å²) in [5, 5.41) is 5.40. The van der Waals surface area contributed by atoms with Gasteiger partial charge in [0.2, 0.25) is 17.7 Å². The molecule has 2 aromatic rings. The number of nitrogens with two attached hydrogens (primary N) is 1. The predicted molar refractivity (Wildman–Crippen MR) is 200 cm³/mol. The van der Waals surface area contributed by atoms with Crippen molar-refractivity contribution < 1.29 is 33.5 Å². The van der Waals surface area contributed by atoms with Gasteiger partial charge in [-0.15, -0.1) is 0 Å². The van der Waals surface area contributed by atoms with Crippen LogP contribution in [-0.4, -0.2) is 121 Å². The first kappa shape index (κ1) is 41.2. The molecule has 0 radical (unpaired) electrons. The van der Waals surface area contributed by atoms with E-state index >= 15 is 0 Å². The van der Waals surface area contributed by atoms with Gasteiger partial charge in [-0.1, -0.05) is 59.2 Å². The van der Waals surface area contributed by atoms with Crippen LogP contribution >= 0.6 is 0 Å². The molecule has 13 nitrogen and oxygen atoms in total. The van der Waals surface area contributed by atoms with Gasteiger partial charge in [0.1, 0.15) is 6.04 Å². The number of methoxy groups -OCH3 is 2. The number of likely N-dealkylation sites (N-methyl/N-ethyl adjacent to an activating group) is 1. The first-order valence-corrected chi connectivity index (χ1v) is 19.0. The zero-order valence-electron chi connectivity index (χ0n) is 32.4. The lowest BCUT2D eigenvalue weighted by atomic mass is 9.89. The summed E-state index contributed by atoms with van der Waals surface area (Å²) in [6.45, 7) is 11.1. The largest absolute Gasteiger partial charge is 0.379 e. The van der Waals surface area contributed by atoms with Crippen molar-refractivity contribution in [2.24, 2.45) is 23.5 Å². The van der Waals surface area contributed by atoms with Crippen molar-refractivity contribution >= 4 is 34.5 Å². The van der Waals surface area contributed by atoms with Crippen LogP contribution in [0.5, 0.6) is 0 Å². The van der Waals surface area contributed by atoms with Crippen molar-refractivity contribution in [3.63, 3.8) is 0 Å². The number of ether oxygens (including phenoxy) is 2. The lowest BCUT2D eigenvalue weighted by Crippen LogP contribution is -2.56. The Morgan fingerprint density at radius 3 is 2.42 bits per heavy atom. The third-order valence-corrected chi connectivity index (χ3v) is 11.2. The quantitative estimate of drug-likeness (QED) is 0.223. The summed E-state index contributed by atoms with van der Waals surface area (Å²) in [6, 6.07) is 5.61. The minimum atomic E-state index is -0.866. The summed E-state index contributed by atoms with van der Waals surface area (Å²) in [6.07, 6.45) is 4.93. The number of fused-ring (bicyclic) bond motifs is 1. The van der Waals surface area contributed by atoms with Gasteiger partial charge >= 0.3 is 0 Å². The first-order chi connectivity index (χ1) is 24.8. The molecule has 4 amide bonds. The molecular weight excluding hydrogens is 664 g/mol. The second kappa shape index (κ2) is 19.0. The Morgan fingerprint density at radius 2 is 1.79 bits per heavy atom. The maximum Gasteiger partial charge on any atom is 0.269 e. The van der Waals surface area contributed by atoms with Crippen LogP contribution in [0.15, 0.2) is 30.5 Å². The summed E-state index contributed by atoms with van der Waals surface area (Å²) >= 11 is 0. The van der Waals surface area contributed by atoms with Crippen LogP contribution < -0.4 is 11.1 Å². The first-order valence-electron chi connectivity index (χ1n) is 19.0. The van der Waals surface area contributed by atoms with E-state index in [2.05, 4.69) is 24.1 Å². The summed E-state index contributed by atoms with van der Waals surface area (Å²) in [7, 11) is 4.87. The molecule has 0 unspecified atom stereocenters. The molecule has 0 bridgehead atoms. The average Bonchev–Trinajstić information content (AvgIpc) is 3.81. The Labute approximate surface area is 309 Å². The number of aromatic nitrogens is 1. The Morgan fingerprint density at radius 1 is 1.06 bits per heavy atom. The molecule has 3 heterocycles. The smallest absolute Gasteiger partial charge is 0.269 e. The van der Waals surface area contributed by atoms with Gasteiger partial charge in [0.05, 0.1) is 49.3 Å². The second-order valence-corrected chi connectivity index (χ2v) is 15.0. The maximum absolute atomic E-state index is 14.1. The van der Waals surface area contributed by atoms with Crippen LogP contribution in [0.1, 0.15) is 78.7 Å². The highest BCUT2D eigenvalue weighted by Crippen LogP contribution is 2.30. The van der Waals surface area contributed by atoms with Crippen molar-refractivity contribution in [3.05, 3.63) is 36.0 Å². The SMILES string of the molecule is CC[C@H](C)[C@@H]([C@@H](CC(=O)N1CCC[C@H]1[C@H](OC)[C@@H](C)C(=O)N[C@@H](Cc1c[nH]c2ccccc12)C(=O)N1CCCCO1)OC)N(C)C(=O)[C@@H](N)C(C)C. The summed E-state index contributed by atoms with van der Waals surface area (Å²) < 4.78 is 11.9. The third-order valence-electron chi connectivity index (χ3n) is 11.2. The van der Waals surface area contributed by atoms with E-state index in [1.165, 1.54) is 5.06 Å². The van der Waals surface area contributed by atoms with Crippen LogP contribution in [0.4, 0.5) is 0 Å². The Kier molecular flexibility index (Phi) is 15.1. The Hall–Kier alpha value is -3.52. The van der Waals surface area contributed by atoms with Crippen molar-refractivity contribution in [2.75, 3.05) is 41.0 Å². The summed E-state index contributed by atoms with van der Waals surface area (Å²) in [4.78, 5) is 67.8. The predicted octanol–water partition coefficient (Wildman–Crippen LogP) is 3.65. The number of hydroxylamine groups is 2. The Balaban J connectivity index is 1.50. The fourth-order valence-electron chi connectivity index (χ4n) is 7.79. The summed E-state index contributed by atoms with van der Waals surface area (Å²) in [5.74, 6) is -1.61. The number of H-pyrrole nitrogens is 1. The van der Waals surface area contributed by atoms with Crippen molar-refractivity contribution in [1.29, 1.82) is 0 Å². The summed E-state index contributed by atoms with van der Waals surface area (Å²) in [5.41, 5.74) is 8.12. The highest BCUT2D eigenvalue weighted by molar-refractivity contribution is 5.90. The molecular formula is C39H62N6O7. The molecule has 2 saturated heterocycles. The van der Waals surface area contributed by atoms with Gasteiger partial charge in [0.15, 0.2) is 0 Å². The molecule has 1 aromatic carbocycles. The van der Waals surface area contributed by atoms with Crippen LogP contribution in [0.2, 0.25) is 0 Å². The number of benzene rings is 1. The average molecular weight is 727 g/mol. The number of para-hydroxylation sites is 1. The van der Waals surface area contributed by atoms with E-state index in [1.54, 1.807) is 38.0 Å². The number of nitrogens with one attached hydrogen (secondary N) is 2. The van der Waals surface area contributed by atoms with Crippen molar-refractivity contribution in [1.82, 2.24) is 25.2 Å². The molecule has 52 heavy (non-hydrogen) atoms. The van der Waals surface area contributed by atoms with Crippen molar-refractivity contribution in [2.45, 2.75) is 116 Å². The van der Waals surface area contributed by atoms with Gasteiger partial charge in [-0.05, 0) is 49.1 Å². The molecule has 8 atom stereocenters. The molecule has 2 aliphatic rings. The molecule has 290 valence electrons. The zero-order valence-corrected chi connectivity index (χ0v) is 32.4. The van der Waals surface area contributed by atoms with Gasteiger partial charge in [-0.3, -0.25) is 24.0 Å². The van der Waals surface area contributed by atoms with Crippen LogP contribution in [0.3, 0.4) is 0 Å². The highest BCUT2D eigenvalue weighted by Gasteiger charge is 2.43. The van der Waals surface area contributed by atoms with E-state index in [4.69, 9.17) is 20.0 Å². The molecule has 4 rings (SSSR count). The third kappa shape index (κ3) is 9.52. The lowest BCUT2D eigenvalue weighted by Gasteiger charge is -2.40. The maximum atomic E-state index is 14.1. The van der Waals surface area contributed by atoms with Crippen LogP contribution in [-0.2, 0) is 39.9 Å². The number of likely N-dealkylation sites (tertiary alicyclic amines) is 1. The van der Waals surface area contributed by atoms with E-state index in [9.17, 15) is 19.2 Å². The molecule has 2 fully saturated rings. The molecule has 13 heteroatoms.